The molecule has 23 heavy (non-hydrogen) atoms. The van der Waals surface area contributed by atoms with Crippen molar-refractivity contribution >= 4 is 28.1 Å². The molecule has 1 aromatic heterocycles. The topological polar surface area (TPSA) is 99.6 Å². The van der Waals surface area contributed by atoms with E-state index in [4.69, 9.17) is 15.3 Å². The molecular formula is C14H19BrN6O2. The van der Waals surface area contributed by atoms with Crippen molar-refractivity contribution in [1.82, 2.24) is 14.9 Å². The summed E-state index contributed by atoms with van der Waals surface area (Å²) in [6, 6.07) is 3.75. The van der Waals surface area contributed by atoms with Gasteiger partial charge in [-0.05, 0) is 47.0 Å². The van der Waals surface area contributed by atoms with E-state index < -0.39 is 0 Å². The second-order valence-corrected chi connectivity index (χ2v) is 5.40. The largest absolute Gasteiger partial charge is 0.490 e. The number of hydrazone groups is 1. The number of benzene rings is 1. The minimum Gasteiger partial charge on any atom is -0.490 e. The van der Waals surface area contributed by atoms with Crippen LogP contribution in [-0.4, -0.2) is 34.3 Å². The Morgan fingerprint density at radius 3 is 2.87 bits per heavy atom. The zero-order valence-corrected chi connectivity index (χ0v) is 14.6. The molecule has 0 saturated heterocycles. The molecular weight excluding hydrogens is 364 g/mol. The Labute approximate surface area is 142 Å². The second kappa shape index (κ2) is 8.37. The first-order chi connectivity index (χ1) is 11.2. The first-order valence-electron chi connectivity index (χ1n) is 7.19. The Morgan fingerprint density at radius 1 is 1.39 bits per heavy atom. The van der Waals surface area contributed by atoms with E-state index in [0.29, 0.717) is 30.7 Å². The van der Waals surface area contributed by atoms with Crippen molar-refractivity contribution in [3.63, 3.8) is 0 Å². The molecule has 0 amide bonds. The molecule has 2 rings (SSSR count). The van der Waals surface area contributed by atoms with E-state index in [1.165, 1.54) is 11.0 Å². The quantitative estimate of drug-likeness (QED) is 0.413. The molecule has 0 unspecified atom stereocenters. The van der Waals surface area contributed by atoms with E-state index in [1.54, 1.807) is 6.21 Å². The lowest BCUT2D eigenvalue weighted by molar-refractivity contribution is 0.275. The molecule has 124 valence electrons. The lowest BCUT2D eigenvalue weighted by atomic mass is 10.2. The molecule has 8 nitrogen and oxygen atoms in total. The van der Waals surface area contributed by atoms with E-state index in [1.807, 2.05) is 19.1 Å². The molecule has 3 N–H and O–H groups in total. The Morgan fingerprint density at radius 2 is 2.22 bits per heavy atom. The minimum atomic E-state index is 0.341. The number of nitrogens with zero attached hydrogens (tertiary/aromatic N) is 4. The average molecular weight is 383 g/mol. The third-order valence-corrected chi connectivity index (χ3v) is 3.32. The Hall–Kier alpha value is -2.29. The summed E-state index contributed by atoms with van der Waals surface area (Å²) in [5, 5.41) is 11.5. The third kappa shape index (κ3) is 4.59. The van der Waals surface area contributed by atoms with Crippen LogP contribution in [0.2, 0.25) is 0 Å². The van der Waals surface area contributed by atoms with Gasteiger partial charge in [0.05, 0.1) is 23.9 Å². The van der Waals surface area contributed by atoms with Crippen molar-refractivity contribution in [1.29, 1.82) is 0 Å². The Bertz CT molecular complexity index is 673. The normalized spacial score (nSPS) is 10.9. The number of hydrogen-bond donors (Lipinski definition) is 2. The van der Waals surface area contributed by atoms with Gasteiger partial charge in [0.1, 0.15) is 6.33 Å². The summed E-state index contributed by atoms with van der Waals surface area (Å²) in [6.07, 6.45) is 3.93. The maximum absolute atomic E-state index is 5.73. The number of aromatic nitrogens is 3. The fourth-order valence-electron chi connectivity index (χ4n) is 1.76. The minimum absolute atomic E-state index is 0.341. The van der Waals surface area contributed by atoms with Gasteiger partial charge in [-0.2, -0.15) is 5.10 Å². The molecule has 1 aromatic carbocycles. The first-order valence-corrected chi connectivity index (χ1v) is 7.98. The Kier molecular flexibility index (Phi) is 6.21. The van der Waals surface area contributed by atoms with Crippen molar-refractivity contribution in [2.24, 2.45) is 5.10 Å². The predicted octanol–water partition coefficient (Wildman–Crippen LogP) is 2.39. The van der Waals surface area contributed by atoms with Gasteiger partial charge < -0.3 is 15.3 Å². The van der Waals surface area contributed by atoms with Gasteiger partial charge in [0, 0.05) is 0 Å². The van der Waals surface area contributed by atoms with Crippen molar-refractivity contribution in [3.8, 4) is 11.5 Å². The highest BCUT2D eigenvalue weighted by molar-refractivity contribution is 9.10. The standard InChI is InChI=1S/C14H19BrN6O2/c1-3-5-23-13-11(15)6-10(7-12(13)22-4-2)8-17-19-14-20-18-9-21(14)16/h6-9H,3-5,16H2,1-2H3,(H,19,20)/b17-8-. The van der Waals surface area contributed by atoms with Crippen LogP contribution >= 0.6 is 15.9 Å². The highest BCUT2D eigenvalue weighted by atomic mass is 79.9. The molecule has 0 aliphatic rings. The van der Waals surface area contributed by atoms with Crippen molar-refractivity contribution in [3.05, 3.63) is 28.5 Å². The van der Waals surface area contributed by atoms with Crippen molar-refractivity contribution in [2.75, 3.05) is 24.5 Å². The third-order valence-electron chi connectivity index (χ3n) is 2.73. The number of ether oxygens (including phenoxy) is 2. The van der Waals surface area contributed by atoms with Crippen molar-refractivity contribution < 1.29 is 9.47 Å². The average Bonchev–Trinajstić information content (AvgIpc) is 2.92. The molecule has 2 aromatic rings. The number of anilines is 1. The van der Waals surface area contributed by atoms with E-state index in [-0.39, 0.29) is 0 Å². The molecule has 0 atom stereocenters. The van der Waals surface area contributed by atoms with Crippen LogP contribution in [-0.2, 0) is 0 Å². The highest BCUT2D eigenvalue weighted by Crippen LogP contribution is 2.36. The van der Waals surface area contributed by atoms with Gasteiger partial charge in [-0.3, -0.25) is 0 Å². The van der Waals surface area contributed by atoms with Crippen LogP contribution < -0.4 is 20.7 Å². The van der Waals surface area contributed by atoms with Gasteiger partial charge in [-0.25, -0.2) is 10.1 Å². The fraction of sp³-hybridized carbons (Fsp3) is 0.357. The molecule has 9 heteroatoms. The summed E-state index contributed by atoms with van der Waals surface area (Å²) in [5.41, 5.74) is 3.54. The van der Waals surface area contributed by atoms with E-state index >= 15 is 0 Å². The van der Waals surface area contributed by atoms with Gasteiger partial charge >= 0.3 is 0 Å². The molecule has 0 saturated carbocycles. The highest BCUT2D eigenvalue weighted by Gasteiger charge is 2.11. The monoisotopic (exact) mass is 382 g/mol. The predicted molar refractivity (Wildman–Crippen MR) is 92.5 cm³/mol. The van der Waals surface area contributed by atoms with Crippen LogP contribution in [0.1, 0.15) is 25.8 Å². The zero-order chi connectivity index (χ0) is 16.7. The van der Waals surface area contributed by atoms with Gasteiger partial charge in [0.25, 0.3) is 5.95 Å². The SMILES string of the molecule is CCCOc1c(Br)cc(/C=N\Nc2nncn2N)cc1OCC. The number of halogens is 1. The summed E-state index contributed by atoms with van der Waals surface area (Å²) in [7, 11) is 0. The van der Waals surface area contributed by atoms with Gasteiger partial charge in [0.15, 0.2) is 11.5 Å². The van der Waals surface area contributed by atoms with Crippen LogP contribution in [0.5, 0.6) is 11.5 Å². The van der Waals surface area contributed by atoms with Crippen LogP contribution in [0.25, 0.3) is 0 Å². The molecule has 0 aliphatic heterocycles. The van der Waals surface area contributed by atoms with Crippen molar-refractivity contribution in [2.45, 2.75) is 20.3 Å². The summed E-state index contributed by atoms with van der Waals surface area (Å²) in [6.45, 7) is 5.15. The maximum Gasteiger partial charge on any atom is 0.263 e. The molecule has 0 aliphatic carbocycles. The summed E-state index contributed by atoms with van der Waals surface area (Å²) < 4.78 is 13.4. The Balaban J connectivity index is 2.17. The molecule has 1 heterocycles. The number of nitrogens with one attached hydrogen (secondary N) is 1. The molecule has 0 bridgehead atoms. The molecule has 0 spiro atoms. The number of rotatable bonds is 8. The van der Waals surface area contributed by atoms with Gasteiger partial charge in [-0.1, -0.05) is 6.92 Å². The van der Waals surface area contributed by atoms with E-state index in [0.717, 1.165) is 16.5 Å². The fourth-order valence-corrected chi connectivity index (χ4v) is 2.33. The molecule has 0 radical (unpaired) electrons. The van der Waals surface area contributed by atoms with Crippen LogP contribution in [0.3, 0.4) is 0 Å². The lowest BCUT2D eigenvalue weighted by Crippen LogP contribution is -2.10. The number of hydrogen-bond acceptors (Lipinski definition) is 7. The number of nitrogens with two attached hydrogens (primary N) is 1. The second-order valence-electron chi connectivity index (χ2n) is 4.54. The van der Waals surface area contributed by atoms with Gasteiger partial charge in [-0.15, -0.1) is 10.2 Å². The summed E-state index contributed by atoms with van der Waals surface area (Å²) >= 11 is 3.51. The molecule has 0 fully saturated rings. The van der Waals surface area contributed by atoms with E-state index in [9.17, 15) is 0 Å². The summed E-state index contributed by atoms with van der Waals surface area (Å²) in [5.74, 6) is 7.29. The first kappa shape index (κ1) is 17.1. The van der Waals surface area contributed by atoms with Crippen LogP contribution in [0, 0.1) is 0 Å². The van der Waals surface area contributed by atoms with Crippen LogP contribution in [0.4, 0.5) is 5.95 Å². The smallest absolute Gasteiger partial charge is 0.263 e. The maximum atomic E-state index is 5.73. The van der Waals surface area contributed by atoms with Gasteiger partial charge in [0.2, 0.25) is 0 Å². The van der Waals surface area contributed by atoms with Crippen LogP contribution in [0.15, 0.2) is 28.0 Å². The zero-order valence-electron chi connectivity index (χ0n) is 13.0. The summed E-state index contributed by atoms with van der Waals surface area (Å²) in [4.78, 5) is 0. The number of nitrogen functional groups attached to an aromatic ring is 1. The lowest BCUT2D eigenvalue weighted by Gasteiger charge is -2.14. The van der Waals surface area contributed by atoms with E-state index in [2.05, 4.69) is 43.6 Å².